The second kappa shape index (κ2) is 7.41. The van der Waals surface area contributed by atoms with Crippen molar-refractivity contribution in [3.63, 3.8) is 0 Å². The normalized spacial score (nSPS) is 22.6. The molecule has 2 rings (SSSR count). The quantitative estimate of drug-likeness (QED) is 0.807. The third-order valence-electron chi connectivity index (χ3n) is 3.98. The highest BCUT2D eigenvalue weighted by atomic mass is 127. The van der Waals surface area contributed by atoms with E-state index in [0.717, 1.165) is 47.8 Å². The monoisotopic (exact) mass is 386 g/mol. The molecule has 0 unspecified atom stereocenters. The Labute approximate surface area is 135 Å². The summed E-state index contributed by atoms with van der Waals surface area (Å²) < 4.78 is 1.11. The molecule has 1 fully saturated rings. The van der Waals surface area contributed by atoms with Crippen LogP contribution in [0.3, 0.4) is 0 Å². The summed E-state index contributed by atoms with van der Waals surface area (Å²) in [5.41, 5.74) is 6.78. The molecule has 1 aliphatic rings. The molecule has 0 bridgehead atoms. The van der Waals surface area contributed by atoms with E-state index in [1.165, 1.54) is 0 Å². The Morgan fingerprint density at radius 2 is 2.05 bits per heavy atom. The summed E-state index contributed by atoms with van der Waals surface area (Å²) in [6.45, 7) is 2.97. The second-order valence-electron chi connectivity index (χ2n) is 5.58. The van der Waals surface area contributed by atoms with Gasteiger partial charge in [-0.15, -0.1) is 0 Å². The van der Waals surface area contributed by atoms with Crippen molar-refractivity contribution < 1.29 is 4.79 Å². The fraction of sp³-hybridized carbons (Fsp3) is 0.562. The Morgan fingerprint density at radius 3 is 2.65 bits per heavy atom. The number of hydrogen-bond donors (Lipinski definition) is 1. The van der Waals surface area contributed by atoms with Gasteiger partial charge in [-0.3, -0.25) is 4.79 Å². The summed E-state index contributed by atoms with van der Waals surface area (Å²) in [5, 5.41) is 0. The maximum atomic E-state index is 12.8. The lowest BCUT2D eigenvalue weighted by Gasteiger charge is -2.36. The van der Waals surface area contributed by atoms with E-state index >= 15 is 0 Å². The molecule has 0 radical (unpaired) electrons. The van der Waals surface area contributed by atoms with Crippen molar-refractivity contribution in [3.8, 4) is 0 Å². The summed E-state index contributed by atoms with van der Waals surface area (Å²) in [5.74, 6) is 0.172. The molecule has 1 aliphatic carbocycles. The lowest BCUT2D eigenvalue weighted by Crippen LogP contribution is -2.44. The van der Waals surface area contributed by atoms with Crippen LogP contribution >= 0.6 is 22.6 Å². The van der Waals surface area contributed by atoms with Crippen molar-refractivity contribution in [3.05, 3.63) is 33.4 Å². The molecular weight excluding hydrogens is 363 g/mol. The molecule has 1 aromatic rings. The van der Waals surface area contributed by atoms with Gasteiger partial charge in [0.05, 0.1) is 0 Å². The average molecular weight is 386 g/mol. The largest absolute Gasteiger partial charge is 0.336 e. The highest BCUT2D eigenvalue weighted by Crippen LogP contribution is 2.24. The Bertz CT molecular complexity index is 456. The standard InChI is InChI=1S/C16H23IN2O/c1-2-10-19(15-8-6-14(18)7-9-15)16(20)12-4-3-5-13(17)11-12/h3-5,11,14-15H,2,6-10,18H2,1H3. The molecule has 2 N–H and O–H groups in total. The van der Waals surface area contributed by atoms with Crippen LogP contribution in [0.25, 0.3) is 0 Å². The first-order valence-corrected chi connectivity index (χ1v) is 8.51. The van der Waals surface area contributed by atoms with Gasteiger partial charge in [-0.2, -0.15) is 0 Å². The van der Waals surface area contributed by atoms with E-state index in [2.05, 4.69) is 34.4 Å². The first-order chi connectivity index (χ1) is 9.61. The van der Waals surface area contributed by atoms with Gasteiger partial charge in [0.25, 0.3) is 5.91 Å². The smallest absolute Gasteiger partial charge is 0.254 e. The first kappa shape index (κ1) is 15.8. The Morgan fingerprint density at radius 1 is 1.35 bits per heavy atom. The zero-order valence-corrected chi connectivity index (χ0v) is 14.2. The Hall–Kier alpha value is -0.620. The van der Waals surface area contributed by atoms with Crippen LogP contribution in [0.1, 0.15) is 49.4 Å². The van der Waals surface area contributed by atoms with Gasteiger partial charge in [-0.05, 0) is 72.9 Å². The number of benzene rings is 1. The van der Waals surface area contributed by atoms with Crippen molar-refractivity contribution in [2.45, 2.75) is 51.1 Å². The molecular formula is C16H23IN2O. The summed E-state index contributed by atoms with van der Waals surface area (Å²) >= 11 is 2.25. The van der Waals surface area contributed by atoms with Gasteiger partial charge in [0.1, 0.15) is 0 Å². The number of carbonyl (C=O) groups is 1. The van der Waals surface area contributed by atoms with Crippen LogP contribution in [-0.2, 0) is 0 Å². The highest BCUT2D eigenvalue weighted by Gasteiger charge is 2.27. The molecule has 0 spiro atoms. The third-order valence-corrected chi connectivity index (χ3v) is 4.65. The van der Waals surface area contributed by atoms with Crippen LogP contribution in [0.2, 0.25) is 0 Å². The molecule has 0 heterocycles. The van der Waals surface area contributed by atoms with E-state index in [9.17, 15) is 4.79 Å². The van der Waals surface area contributed by atoms with Crippen molar-refractivity contribution in [1.29, 1.82) is 0 Å². The van der Waals surface area contributed by atoms with E-state index in [0.29, 0.717) is 12.1 Å². The SMILES string of the molecule is CCCN(C(=O)c1cccc(I)c1)C1CCC(N)CC1. The number of hydrogen-bond acceptors (Lipinski definition) is 2. The number of nitrogens with zero attached hydrogens (tertiary/aromatic N) is 1. The predicted octanol–water partition coefficient (Wildman–Crippen LogP) is 3.41. The molecule has 0 aliphatic heterocycles. The molecule has 0 saturated heterocycles. The van der Waals surface area contributed by atoms with Crippen molar-refractivity contribution in [2.75, 3.05) is 6.54 Å². The fourth-order valence-electron chi connectivity index (χ4n) is 2.89. The third kappa shape index (κ3) is 3.95. The van der Waals surface area contributed by atoms with Crippen LogP contribution in [-0.4, -0.2) is 29.4 Å². The van der Waals surface area contributed by atoms with Gasteiger partial charge < -0.3 is 10.6 Å². The van der Waals surface area contributed by atoms with Gasteiger partial charge >= 0.3 is 0 Å². The minimum Gasteiger partial charge on any atom is -0.336 e. The minimum atomic E-state index is 0.172. The molecule has 1 amide bonds. The van der Waals surface area contributed by atoms with Gasteiger partial charge in [0.2, 0.25) is 0 Å². The zero-order chi connectivity index (χ0) is 14.5. The number of amides is 1. The van der Waals surface area contributed by atoms with Crippen LogP contribution in [0.4, 0.5) is 0 Å². The van der Waals surface area contributed by atoms with Crippen molar-refractivity contribution >= 4 is 28.5 Å². The van der Waals surface area contributed by atoms with Crippen LogP contribution in [0.15, 0.2) is 24.3 Å². The summed E-state index contributed by atoms with van der Waals surface area (Å²) in [4.78, 5) is 14.8. The second-order valence-corrected chi connectivity index (χ2v) is 6.82. The fourth-order valence-corrected chi connectivity index (χ4v) is 3.43. The molecule has 110 valence electrons. The van der Waals surface area contributed by atoms with E-state index in [1.54, 1.807) is 0 Å². The summed E-state index contributed by atoms with van der Waals surface area (Å²) in [6.07, 6.45) is 5.14. The average Bonchev–Trinajstić information content (AvgIpc) is 2.45. The van der Waals surface area contributed by atoms with Crippen molar-refractivity contribution in [2.24, 2.45) is 5.73 Å². The van der Waals surface area contributed by atoms with E-state index < -0.39 is 0 Å². The number of rotatable bonds is 4. The molecule has 4 heteroatoms. The number of nitrogens with two attached hydrogens (primary N) is 1. The van der Waals surface area contributed by atoms with Crippen LogP contribution < -0.4 is 5.73 Å². The minimum absolute atomic E-state index is 0.172. The number of carbonyl (C=O) groups excluding carboxylic acids is 1. The Kier molecular flexibility index (Phi) is 5.84. The van der Waals surface area contributed by atoms with Crippen LogP contribution in [0.5, 0.6) is 0 Å². The molecule has 0 aromatic heterocycles. The van der Waals surface area contributed by atoms with Gasteiger partial charge in [0, 0.05) is 27.8 Å². The first-order valence-electron chi connectivity index (χ1n) is 7.44. The summed E-state index contributed by atoms with van der Waals surface area (Å²) in [6, 6.07) is 8.54. The van der Waals surface area contributed by atoms with E-state index in [4.69, 9.17) is 5.73 Å². The highest BCUT2D eigenvalue weighted by molar-refractivity contribution is 14.1. The van der Waals surface area contributed by atoms with Gasteiger partial charge in [-0.25, -0.2) is 0 Å². The maximum Gasteiger partial charge on any atom is 0.254 e. The lowest BCUT2D eigenvalue weighted by molar-refractivity contribution is 0.0626. The van der Waals surface area contributed by atoms with Gasteiger partial charge in [-0.1, -0.05) is 13.0 Å². The zero-order valence-electron chi connectivity index (χ0n) is 12.0. The molecule has 0 atom stereocenters. The maximum absolute atomic E-state index is 12.8. The predicted molar refractivity (Wildman–Crippen MR) is 90.7 cm³/mol. The van der Waals surface area contributed by atoms with Crippen molar-refractivity contribution in [1.82, 2.24) is 4.90 Å². The van der Waals surface area contributed by atoms with E-state index in [-0.39, 0.29) is 5.91 Å². The topological polar surface area (TPSA) is 46.3 Å². The van der Waals surface area contributed by atoms with Gasteiger partial charge in [0.15, 0.2) is 0 Å². The molecule has 1 saturated carbocycles. The van der Waals surface area contributed by atoms with Crippen LogP contribution in [0, 0.1) is 3.57 Å². The Balaban J connectivity index is 2.13. The number of halogens is 1. The lowest BCUT2D eigenvalue weighted by atomic mass is 9.90. The van der Waals surface area contributed by atoms with E-state index in [1.807, 2.05) is 24.3 Å². The molecule has 3 nitrogen and oxygen atoms in total. The molecule has 20 heavy (non-hydrogen) atoms. The summed E-state index contributed by atoms with van der Waals surface area (Å²) in [7, 11) is 0. The molecule has 1 aromatic carbocycles.